The summed E-state index contributed by atoms with van der Waals surface area (Å²) in [6.07, 6.45) is 9.52. The summed E-state index contributed by atoms with van der Waals surface area (Å²) in [5.41, 5.74) is 2.89. The highest BCUT2D eigenvalue weighted by Crippen LogP contribution is 2.28. The van der Waals surface area contributed by atoms with Crippen LogP contribution in [0.5, 0.6) is 0 Å². The van der Waals surface area contributed by atoms with Crippen LogP contribution in [0, 0.1) is 6.92 Å². The Kier molecular flexibility index (Phi) is 3.94. The van der Waals surface area contributed by atoms with E-state index in [1.54, 1.807) is 6.20 Å². The van der Waals surface area contributed by atoms with Gasteiger partial charge in [0.25, 0.3) is 0 Å². The van der Waals surface area contributed by atoms with Crippen LogP contribution in [-0.4, -0.2) is 38.0 Å². The maximum Gasteiger partial charge on any atom is 0.157 e. The molecular weight excluding hydrogens is 300 g/mol. The zero-order valence-electron chi connectivity index (χ0n) is 13.7. The first-order valence-electron chi connectivity index (χ1n) is 8.29. The molecule has 0 saturated carbocycles. The van der Waals surface area contributed by atoms with Crippen molar-refractivity contribution >= 4 is 5.82 Å². The van der Waals surface area contributed by atoms with Crippen molar-refractivity contribution in [2.24, 2.45) is 0 Å². The van der Waals surface area contributed by atoms with Gasteiger partial charge in [-0.15, -0.1) is 0 Å². The van der Waals surface area contributed by atoms with Crippen LogP contribution in [0.4, 0.5) is 5.82 Å². The summed E-state index contributed by atoms with van der Waals surface area (Å²) < 4.78 is 0. The maximum absolute atomic E-state index is 4.63. The van der Waals surface area contributed by atoms with E-state index in [-0.39, 0.29) is 0 Å². The predicted octanol–water partition coefficient (Wildman–Crippen LogP) is 2.95. The molecule has 0 aliphatic carbocycles. The molecule has 0 amide bonds. The average molecular weight is 320 g/mol. The Bertz CT molecular complexity index is 788. The van der Waals surface area contributed by atoms with Crippen molar-refractivity contribution < 1.29 is 0 Å². The van der Waals surface area contributed by atoms with E-state index in [2.05, 4.69) is 35.9 Å². The molecule has 0 spiro atoms. The smallest absolute Gasteiger partial charge is 0.157 e. The topological polar surface area (TPSA) is 70.6 Å². The van der Waals surface area contributed by atoms with Crippen LogP contribution in [0.15, 0.2) is 43.0 Å². The largest absolute Gasteiger partial charge is 0.357 e. The van der Waals surface area contributed by atoms with Crippen LogP contribution >= 0.6 is 0 Å². The summed E-state index contributed by atoms with van der Waals surface area (Å²) in [4.78, 5) is 23.4. The molecule has 0 aromatic carbocycles. The maximum atomic E-state index is 4.63. The van der Waals surface area contributed by atoms with Crippen LogP contribution in [0.3, 0.4) is 0 Å². The van der Waals surface area contributed by atoms with Gasteiger partial charge in [0.1, 0.15) is 11.5 Å². The molecule has 4 heterocycles. The molecule has 0 unspecified atom stereocenters. The minimum atomic E-state index is 0.463. The number of H-pyrrole nitrogens is 1. The fraction of sp³-hybridized carbons (Fsp3) is 0.333. The van der Waals surface area contributed by atoms with E-state index in [1.165, 1.54) is 0 Å². The van der Waals surface area contributed by atoms with E-state index in [0.29, 0.717) is 5.92 Å². The molecule has 0 radical (unpaired) electrons. The van der Waals surface area contributed by atoms with Gasteiger partial charge >= 0.3 is 0 Å². The van der Waals surface area contributed by atoms with Gasteiger partial charge in [-0.1, -0.05) is 6.07 Å². The normalized spacial score (nSPS) is 15.6. The number of rotatable bonds is 3. The highest BCUT2D eigenvalue weighted by Gasteiger charge is 2.22. The first-order valence-corrected chi connectivity index (χ1v) is 8.29. The van der Waals surface area contributed by atoms with Crippen molar-refractivity contribution in [2.45, 2.75) is 25.7 Å². The van der Waals surface area contributed by atoms with Gasteiger partial charge in [-0.2, -0.15) is 0 Å². The Morgan fingerprint density at radius 2 is 1.88 bits per heavy atom. The number of nitrogens with zero attached hydrogens (tertiary/aromatic N) is 5. The number of hydrogen-bond acceptors (Lipinski definition) is 5. The van der Waals surface area contributed by atoms with Gasteiger partial charge < -0.3 is 9.88 Å². The standard InChI is InChI=1S/C18H20N6/c1-13-10-22-18(23-13)16-12-20-15(11-21-16)14-5-8-24(9-6-14)17-4-2-3-7-19-17/h2-4,7,10-12,14H,5-6,8-9H2,1H3,(H,22,23). The van der Waals surface area contributed by atoms with Gasteiger partial charge in [-0.05, 0) is 31.9 Å². The minimum absolute atomic E-state index is 0.463. The monoisotopic (exact) mass is 320 g/mol. The molecule has 1 aliphatic rings. The molecule has 24 heavy (non-hydrogen) atoms. The van der Waals surface area contributed by atoms with Gasteiger partial charge in [-0.25, -0.2) is 15.0 Å². The zero-order chi connectivity index (χ0) is 16.4. The molecule has 1 fully saturated rings. The van der Waals surface area contributed by atoms with Crippen LogP contribution in [0.2, 0.25) is 0 Å². The molecule has 1 N–H and O–H groups in total. The highest BCUT2D eigenvalue weighted by molar-refractivity contribution is 5.47. The molecule has 4 rings (SSSR count). The number of piperidine rings is 1. The number of aryl methyl sites for hydroxylation is 1. The summed E-state index contributed by atoms with van der Waals surface area (Å²) in [6.45, 7) is 3.98. The molecule has 3 aromatic heterocycles. The van der Waals surface area contributed by atoms with Gasteiger partial charge in [-0.3, -0.25) is 4.98 Å². The summed E-state index contributed by atoms with van der Waals surface area (Å²) in [6, 6.07) is 6.06. The molecule has 0 atom stereocenters. The predicted molar refractivity (Wildman–Crippen MR) is 92.8 cm³/mol. The lowest BCUT2D eigenvalue weighted by atomic mass is 9.94. The summed E-state index contributed by atoms with van der Waals surface area (Å²) in [5.74, 6) is 2.30. The molecule has 3 aromatic rings. The van der Waals surface area contributed by atoms with E-state index in [9.17, 15) is 0 Å². The van der Waals surface area contributed by atoms with Crippen LogP contribution in [0.1, 0.15) is 30.1 Å². The average Bonchev–Trinajstić information content (AvgIpc) is 3.09. The van der Waals surface area contributed by atoms with Crippen molar-refractivity contribution in [1.29, 1.82) is 0 Å². The first-order chi connectivity index (χ1) is 11.8. The van der Waals surface area contributed by atoms with E-state index < -0.39 is 0 Å². The van der Waals surface area contributed by atoms with Gasteiger partial charge in [0.15, 0.2) is 5.82 Å². The van der Waals surface area contributed by atoms with E-state index >= 15 is 0 Å². The lowest BCUT2D eigenvalue weighted by Crippen LogP contribution is -2.33. The van der Waals surface area contributed by atoms with E-state index in [1.807, 2.05) is 37.6 Å². The second-order valence-electron chi connectivity index (χ2n) is 6.19. The molecule has 6 nitrogen and oxygen atoms in total. The Hall–Kier alpha value is -2.76. The third kappa shape index (κ3) is 2.99. The fourth-order valence-corrected chi connectivity index (χ4v) is 3.16. The third-order valence-electron chi connectivity index (χ3n) is 4.50. The van der Waals surface area contributed by atoms with Crippen LogP contribution in [0.25, 0.3) is 11.5 Å². The molecular formula is C18H20N6. The lowest BCUT2D eigenvalue weighted by Gasteiger charge is -2.32. The van der Waals surface area contributed by atoms with E-state index in [4.69, 9.17) is 0 Å². The fourth-order valence-electron chi connectivity index (χ4n) is 3.16. The molecule has 0 bridgehead atoms. The quantitative estimate of drug-likeness (QED) is 0.803. The summed E-state index contributed by atoms with van der Waals surface area (Å²) >= 11 is 0. The van der Waals surface area contributed by atoms with Crippen LogP contribution in [-0.2, 0) is 0 Å². The third-order valence-corrected chi connectivity index (χ3v) is 4.50. The summed E-state index contributed by atoms with van der Waals surface area (Å²) in [5, 5.41) is 0. The van der Waals surface area contributed by atoms with Crippen LogP contribution < -0.4 is 4.90 Å². The summed E-state index contributed by atoms with van der Waals surface area (Å²) in [7, 11) is 0. The Morgan fingerprint density at radius 1 is 1.00 bits per heavy atom. The molecule has 6 heteroatoms. The Morgan fingerprint density at radius 3 is 2.50 bits per heavy atom. The van der Waals surface area contributed by atoms with Crippen molar-refractivity contribution in [3.05, 3.63) is 54.4 Å². The zero-order valence-corrected chi connectivity index (χ0v) is 13.7. The molecule has 1 saturated heterocycles. The second kappa shape index (κ2) is 6.39. The van der Waals surface area contributed by atoms with Gasteiger partial charge in [0.2, 0.25) is 0 Å². The van der Waals surface area contributed by atoms with Crippen molar-refractivity contribution in [3.63, 3.8) is 0 Å². The number of imidazole rings is 1. The van der Waals surface area contributed by atoms with Gasteiger partial charge in [0.05, 0.1) is 11.9 Å². The molecule has 122 valence electrons. The van der Waals surface area contributed by atoms with Crippen molar-refractivity contribution in [3.8, 4) is 11.5 Å². The SMILES string of the molecule is Cc1cnc(-c2cnc(C3CCN(c4ccccn4)CC3)cn2)[nH]1. The Balaban J connectivity index is 1.42. The first kappa shape index (κ1) is 14.8. The second-order valence-corrected chi connectivity index (χ2v) is 6.19. The Labute approximate surface area is 141 Å². The number of nitrogens with one attached hydrogen (secondary N) is 1. The lowest BCUT2D eigenvalue weighted by molar-refractivity contribution is 0.492. The number of aromatic nitrogens is 5. The van der Waals surface area contributed by atoms with Crippen molar-refractivity contribution in [2.75, 3.05) is 18.0 Å². The number of hydrogen-bond donors (Lipinski definition) is 1. The molecule has 1 aliphatic heterocycles. The highest BCUT2D eigenvalue weighted by atomic mass is 15.2. The minimum Gasteiger partial charge on any atom is -0.357 e. The number of pyridine rings is 1. The van der Waals surface area contributed by atoms with Gasteiger partial charge in [0, 0.05) is 43.3 Å². The number of aromatic amines is 1. The number of anilines is 1. The van der Waals surface area contributed by atoms with E-state index in [0.717, 1.165) is 54.7 Å². The van der Waals surface area contributed by atoms with Crippen molar-refractivity contribution in [1.82, 2.24) is 24.9 Å².